The van der Waals surface area contributed by atoms with Crippen LogP contribution in [0.4, 0.5) is 5.88 Å². The fourth-order valence-electron chi connectivity index (χ4n) is 2.65. The molecule has 1 N–H and O–H groups in total. The van der Waals surface area contributed by atoms with Crippen LogP contribution in [0.1, 0.15) is 53.2 Å². The van der Waals surface area contributed by atoms with Crippen molar-refractivity contribution in [1.29, 1.82) is 0 Å². The van der Waals surface area contributed by atoms with Crippen LogP contribution >= 0.6 is 27.5 Å². The summed E-state index contributed by atoms with van der Waals surface area (Å²) in [5.74, 6) is -0.790. The normalized spacial score (nSPS) is 10.5. The molecule has 0 aliphatic rings. The first-order valence-corrected chi connectivity index (χ1v) is 10.1. The van der Waals surface area contributed by atoms with E-state index in [1.807, 2.05) is 0 Å². The number of aryl methyl sites for hydroxylation is 1. The van der Waals surface area contributed by atoms with E-state index in [1.54, 1.807) is 32.0 Å². The van der Waals surface area contributed by atoms with Crippen molar-refractivity contribution in [3.63, 3.8) is 0 Å². The SMILES string of the molecule is CCOC(=O)c1c(NC(=O)CCCOc2ccc(Br)cc2Cl)oc(C)c1C(C)=O. The zero-order chi connectivity index (χ0) is 21.6. The molecule has 0 aliphatic heterocycles. The lowest BCUT2D eigenvalue weighted by Gasteiger charge is -2.09. The molecule has 1 aromatic carbocycles. The third kappa shape index (κ3) is 6.08. The standard InChI is InChI=1S/C20H21BrClNO6/c1-4-27-20(26)18-17(11(2)24)12(3)29-19(18)23-16(25)6-5-9-28-15-8-7-13(21)10-14(15)22/h7-8,10H,4-6,9H2,1-3H3,(H,23,25). The van der Waals surface area contributed by atoms with Gasteiger partial charge in [-0.25, -0.2) is 4.79 Å². The van der Waals surface area contributed by atoms with Crippen molar-refractivity contribution in [1.82, 2.24) is 0 Å². The number of amides is 1. The Kier molecular flexibility index (Phi) is 8.28. The average molecular weight is 487 g/mol. The minimum atomic E-state index is -0.724. The number of ketones is 1. The number of halogens is 2. The van der Waals surface area contributed by atoms with E-state index >= 15 is 0 Å². The minimum absolute atomic E-state index is 0.0666. The van der Waals surface area contributed by atoms with E-state index in [2.05, 4.69) is 21.2 Å². The maximum Gasteiger partial charge on any atom is 0.344 e. The van der Waals surface area contributed by atoms with Crippen molar-refractivity contribution < 1.29 is 28.3 Å². The molecule has 0 unspecified atom stereocenters. The van der Waals surface area contributed by atoms with Crippen LogP contribution in [0.5, 0.6) is 5.75 Å². The Balaban J connectivity index is 1.98. The van der Waals surface area contributed by atoms with Gasteiger partial charge in [-0.05, 0) is 45.4 Å². The number of carbonyl (C=O) groups is 3. The molecule has 0 saturated carbocycles. The van der Waals surface area contributed by atoms with Crippen molar-refractivity contribution in [3.8, 4) is 5.75 Å². The van der Waals surface area contributed by atoms with Crippen molar-refractivity contribution in [2.45, 2.75) is 33.6 Å². The molecule has 0 saturated heterocycles. The summed E-state index contributed by atoms with van der Waals surface area (Å²) in [5, 5.41) is 3.00. The van der Waals surface area contributed by atoms with Crippen molar-refractivity contribution in [3.05, 3.63) is 44.6 Å². The molecule has 1 aromatic heterocycles. The van der Waals surface area contributed by atoms with Crippen LogP contribution < -0.4 is 10.1 Å². The van der Waals surface area contributed by atoms with Crippen molar-refractivity contribution in [2.75, 3.05) is 18.5 Å². The van der Waals surface area contributed by atoms with Gasteiger partial charge in [-0.2, -0.15) is 0 Å². The summed E-state index contributed by atoms with van der Waals surface area (Å²) < 4.78 is 16.8. The second-order valence-electron chi connectivity index (χ2n) is 6.09. The zero-order valence-corrected chi connectivity index (χ0v) is 18.6. The number of benzene rings is 1. The molecule has 0 fully saturated rings. The molecule has 9 heteroatoms. The van der Waals surface area contributed by atoms with Crippen LogP contribution in [0, 0.1) is 6.92 Å². The van der Waals surface area contributed by atoms with E-state index in [9.17, 15) is 14.4 Å². The average Bonchev–Trinajstić information content (AvgIpc) is 2.96. The first kappa shape index (κ1) is 23.0. The second-order valence-corrected chi connectivity index (χ2v) is 7.41. The lowest BCUT2D eigenvalue weighted by atomic mass is 10.1. The molecule has 2 rings (SSSR count). The van der Waals surface area contributed by atoms with Gasteiger partial charge in [0, 0.05) is 10.9 Å². The number of furan rings is 1. The highest BCUT2D eigenvalue weighted by atomic mass is 79.9. The van der Waals surface area contributed by atoms with Gasteiger partial charge in [0.1, 0.15) is 17.1 Å². The molecule has 0 radical (unpaired) electrons. The first-order valence-electron chi connectivity index (χ1n) is 8.93. The van der Waals surface area contributed by atoms with E-state index in [4.69, 9.17) is 25.5 Å². The maximum absolute atomic E-state index is 12.3. The third-order valence-corrected chi connectivity index (χ3v) is 4.66. The number of carbonyl (C=O) groups excluding carboxylic acids is 3. The third-order valence-electron chi connectivity index (χ3n) is 3.87. The van der Waals surface area contributed by atoms with E-state index in [0.717, 1.165) is 4.47 Å². The predicted octanol–water partition coefficient (Wildman–Crippen LogP) is 5.18. The largest absolute Gasteiger partial charge is 0.492 e. The molecule has 0 spiro atoms. The Morgan fingerprint density at radius 3 is 2.59 bits per heavy atom. The Hall–Kier alpha value is -2.32. The molecule has 0 aliphatic carbocycles. The highest BCUT2D eigenvalue weighted by Gasteiger charge is 2.28. The lowest BCUT2D eigenvalue weighted by molar-refractivity contribution is -0.116. The fraction of sp³-hybridized carbons (Fsp3) is 0.350. The summed E-state index contributed by atoms with van der Waals surface area (Å²) in [6.07, 6.45) is 0.526. The van der Waals surface area contributed by atoms with Crippen LogP contribution in [-0.4, -0.2) is 30.9 Å². The number of hydrogen-bond acceptors (Lipinski definition) is 6. The number of nitrogens with one attached hydrogen (secondary N) is 1. The highest BCUT2D eigenvalue weighted by molar-refractivity contribution is 9.10. The number of rotatable bonds is 9. The Bertz CT molecular complexity index is 924. The van der Waals surface area contributed by atoms with Crippen LogP contribution in [0.3, 0.4) is 0 Å². The van der Waals surface area contributed by atoms with Gasteiger partial charge < -0.3 is 13.9 Å². The lowest BCUT2D eigenvalue weighted by Crippen LogP contribution is -2.16. The first-order chi connectivity index (χ1) is 13.7. The van der Waals surface area contributed by atoms with Gasteiger partial charge in [-0.1, -0.05) is 27.5 Å². The van der Waals surface area contributed by atoms with E-state index in [-0.39, 0.29) is 54.1 Å². The number of ether oxygens (including phenoxy) is 2. The van der Waals surface area contributed by atoms with E-state index in [1.165, 1.54) is 6.92 Å². The van der Waals surface area contributed by atoms with Gasteiger partial charge in [0.15, 0.2) is 5.78 Å². The van der Waals surface area contributed by atoms with Crippen LogP contribution in [0.2, 0.25) is 5.02 Å². The van der Waals surface area contributed by atoms with Gasteiger partial charge in [0.2, 0.25) is 11.8 Å². The zero-order valence-electron chi connectivity index (χ0n) is 16.3. The molecule has 156 valence electrons. The fourth-order valence-corrected chi connectivity index (χ4v) is 3.38. The van der Waals surface area contributed by atoms with Gasteiger partial charge in [-0.15, -0.1) is 0 Å². The van der Waals surface area contributed by atoms with Crippen molar-refractivity contribution in [2.24, 2.45) is 0 Å². The Labute approximate surface area is 181 Å². The number of hydrogen-bond donors (Lipinski definition) is 1. The van der Waals surface area contributed by atoms with Gasteiger partial charge >= 0.3 is 5.97 Å². The van der Waals surface area contributed by atoms with Crippen LogP contribution in [0.15, 0.2) is 27.1 Å². The van der Waals surface area contributed by atoms with Crippen LogP contribution in [-0.2, 0) is 9.53 Å². The van der Waals surface area contributed by atoms with Crippen LogP contribution in [0.25, 0.3) is 0 Å². The highest BCUT2D eigenvalue weighted by Crippen LogP contribution is 2.29. The second kappa shape index (κ2) is 10.5. The molecular weight excluding hydrogens is 466 g/mol. The molecule has 0 bridgehead atoms. The molecule has 1 heterocycles. The summed E-state index contributed by atoms with van der Waals surface area (Å²) in [7, 11) is 0. The van der Waals surface area contributed by atoms with Gasteiger partial charge in [0.25, 0.3) is 0 Å². The summed E-state index contributed by atoms with van der Waals surface area (Å²) in [5.41, 5.74) is 0.0371. The number of Topliss-reactive ketones (excluding diaryl/α,β-unsaturated/α-hetero) is 1. The van der Waals surface area contributed by atoms with Gasteiger partial charge in [0.05, 0.1) is 23.8 Å². The Morgan fingerprint density at radius 1 is 1.24 bits per heavy atom. The maximum atomic E-state index is 12.3. The smallest absolute Gasteiger partial charge is 0.344 e. The summed E-state index contributed by atoms with van der Waals surface area (Å²) in [4.78, 5) is 36.4. The monoisotopic (exact) mass is 485 g/mol. The summed E-state index contributed by atoms with van der Waals surface area (Å²) in [6, 6.07) is 5.25. The molecule has 7 nitrogen and oxygen atoms in total. The topological polar surface area (TPSA) is 94.8 Å². The molecule has 1 amide bonds. The predicted molar refractivity (Wildman–Crippen MR) is 112 cm³/mol. The molecule has 29 heavy (non-hydrogen) atoms. The van der Waals surface area contributed by atoms with Gasteiger partial charge in [-0.3, -0.25) is 14.9 Å². The van der Waals surface area contributed by atoms with E-state index < -0.39 is 5.97 Å². The Morgan fingerprint density at radius 2 is 1.97 bits per heavy atom. The minimum Gasteiger partial charge on any atom is -0.492 e. The molecular formula is C20H21BrClNO6. The van der Waals surface area contributed by atoms with Crippen molar-refractivity contribution >= 4 is 51.1 Å². The number of esters is 1. The molecule has 2 aromatic rings. The summed E-state index contributed by atoms with van der Waals surface area (Å²) in [6.45, 7) is 4.91. The molecule has 0 atom stereocenters. The number of anilines is 1. The quantitative estimate of drug-likeness (QED) is 0.298. The summed E-state index contributed by atoms with van der Waals surface area (Å²) >= 11 is 9.39. The van der Waals surface area contributed by atoms with E-state index in [0.29, 0.717) is 17.2 Å².